The van der Waals surface area contributed by atoms with E-state index in [1.807, 2.05) is 11.3 Å². The summed E-state index contributed by atoms with van der Waals surface area (Å²) >= 11 is 1.89. The van der Waals surface area contributed by atoms with Gasteiger partial charge in [0.1, 0.15) is 5.58 Å². The summed E-state index contributed by atoms with van der Waals surface area (Å²) in [6, 6.07) is 83.3. The molecule has 5 heterocycles. The third-order valence-electron chi connectivity index (χ3n) is 14.7. The Labute approximate surface area is 386 Å². The van der Waals surface area contributed by atoms with E-state index in [0.717, 1.165) is 33.3 Å². The zero-order valence-electron chi connectivity index (χ0n) is 35.7. The van der Waals surface area contributed by atoms with Gasteiger partial charge < -0.3 is 14.1 Å². The smallest absolute Gasteiger partial charge is 0.333 e. The van der Waals surface area contributed by atoms with E-state index < -0.39 is 5.41 Å². The molecule has 0 radical (unpaired) electrons. The van der Waals surface area contributed by atoms with Crippen LogP contribution in [0.2, 0.25) is 0 Å². The highest BCUT2D eigenvalue weighted by molar-refractivity contribution is 7.26. The van der Waals surface area contributed by atoms with Crippen LogP contribution in [0.15, 0.2) is 229 Å². The van der Waals surface area contributed by atoms with Crippen molar-refractivity contribution >= 4 is 99.7 Å². The summed E-state index contributed by atoms with van der Waals surface area (Å²) in [7, 11) is 0. The summed E-state index contributed by atoms with van der Waals surface area (Å²) in [6.07, 6.45) is 0. The lowest BCUT2D eigenvalue weighted by atomic mass is 9.42. The molecule has 0 N–H and O–H groups in total. The highest BCUT2D eigenvalue weighted by atomic mass is 32.1. The van der Waals surface area contributed by atoms with E-state index in [-0.39, 0.29) is 6.85 Å². The molecule has 0 saturated heterocycles. The second kappa shape index (κ2) is 13.5. The van der Waals surface area contributed by atoms with Crippen molar-refractivity contribution in [3.8, 4) is 22.3 Å². The van der Waals surface area contributed by atoms with Crippen molar-refractivity contribution in [2.75, 3.05) is 9.71 Å². The van der Waals surface area contributed by atoms with Crippen LogP contribution in [0, 0.1) is 0 Å². The summed E-state index contributed by atoms with van der Waals surface area (Å²) in [4.78, 5) is 5.28. The van der Waals surface area contributed by atoms with Gasteiger partial charge in [0.15, 0.2) is 5.58 Å². The van der Waals surface area contributed by atoms with E-state index in [0.29, 0.717) is 0 Å². The Balaban J connectivity index is 1.15. The van der Waals surface area contributed by atoms with Crippen molar-refractivity contribution in [3.63, 3.8) is 0 Å². The molecule has 0 amide bonds. The largest absolute Gasteiger partial charge is 0.454 e. The van der Waals surface area contributed by atoms with Crippen LogP contribution in [0.3, 0.4) is 0 Å². The van der Waals surface area contributed by atoms with Crippen molar-refractivity contribution in [2.45, 2.75) is 5.41 Å². The molecule has 12 aromatic rings. The lowest BCUT2D eigenvalue weighted by Gasteiger charge is -2.52. The summed E-state index contributed by atoms with van der Waals surface area (Å²) in [5, 5.41) is 4.81. The number of hydrogen-bond donors (Lipinski definition) is 0. The Morgan fingerprint density at radius 1 is 0.439 bits per heavy atom. The normalized spacial score (nSPS) is 14.1. The van der Waals surface area contributed by atoms with Crippen LogP contribution in [0.1, 0.15) is 22.3 Å². The van der Waals surface area contributed by atoms with Crippen LogP contribution >= 0.6 is 11.3 Å². The lowest BCUT2D eigenvalue weighted by Crippen LogP contribution is -2.62. The highest BCUT2D eigenvalue weighted by Crippen LogP contribution is 2.61. The fourth-order valence-corrected chi connectivity index (χ4v) is 13.3. The van der Waals surface area contributed by atoms with Crippen molar-refractivity contribution < 1.29 is 4.42 Å². The van der Waals surface area contributed by atoms with Crippen molar-refractivity contribution in [1.29, 1.82) is 0 Å². The molecule has 3 aliphatic rings. The van der Waals surface area contributed by atoms with Gasteiger partial charge in [-0.05, 0) is 86.3 Å². The van der Waals surface area contributed by atoms with E-state index >= 15 is 0 Å². The van der Waals surface area contributed by atoms with Gasteiger partial charge in [-0.25, -0.2) is 0 Å². The zero-order chi connectivity index (χ0) is 43.1. The molecule has 0 spiro atoms. The second-order valence-electron chi connectivity index (χ2n) is 17.9. The molecule has 66 heavy (non-hydrogen) atoms. The maximum absolute atomic E-state index is 7.23. The molecule has 306 valence electrons. The van der Waals surface area contributed by atoms with Gasteiger partial charge in [-0.3, -0.25) is 0 Å². The quantitative estimate of drug-likeness (QED) is 0.164. The van der Waals surface area contributed by atoms with Crippen molar-refractivity contribution in [3.05, 3.63) is 247 Å². The molecule has 0 unspecified atom stereocenters. The maximum atomic E-state index is 7.23. The van der Waals surface area contributed by atoms with Gasteiger partial charge in [-0.15, -0.1) is 11.3 Å². The molecular weight excluding hydrogens is 820 g/mol. The van der Waals surface area contributed by atoms with E-state index in [9.17, 15) is 0 Å². The first-order valence-corrected chi connectivity index (χ1v) is 23.6. The molecular formula is C61H37BN2OS. The fraction of sp³-hybridized carbons (Fsp3) is 0.0164. The number of nitrogens with zero attached hydrogens (tertiary/aromatic N) is 2. The first kappa shape index (κ1) is 36.2. The summed E-state index contributed by atoms with van der Waals surface area (Å²) in [5.74, 6) is 0. The van der Waals surface area contributed by atoms with Gasteiger partial charge >= 0.3 is 6.85 Å². The van der Waals surface area contributed by atoms with Gasteiger partial charge in [-0.2, -0.15) is 0 Å². The number of thiophene rings is 1. The minimum absolute atomic E-state index is 0.220. The molecule has 0 atom stereocenters. The number of furan rings is 1. The van der Waals surface area contributed by atoms with E-state index in [1.165, 1.54) is 92.7 Å². The lowest BCUT2D eigenvalue weighted by molar-refractivity contribution is 0.668. The predicted octanol–water partition coefficient (Wildman–Crippen LogP) is 15.0. The molecule has 2 aromatic heterocycles. The van der Waals surface area contributed by atoms with Gasteiger partial charge in [0.25, 0.3) is 0 Å². The minimum atomic E-state index is -0.633. The van der Waals surface area contributed by atoms with Crippen LogP contribution in [0.25, 0.3) is 64.4 Å². The molecule has 15 rings (SSSR count). The minimum Gasteiger partial charge on any atom is -0.454 e. The fourth-order valence-electron chi connectivity index (χ4n) is 12.1. The third-order valence-corrected chi connectivity index (χ3v) is 15.9. The molecule has 10 aromatic carbocycles. The Morgan fingerprint density at radius 3 is 1.91 bits per heavy atom. The second-order valence-corrected chi connectivity index (χ2v) is 18.9. The highest BCUT2D eigenvalue weighted by Gasteiger charge is 2.54. The van der Waals surface area contributed by atoms with Gasteiger partial charge in [0.2, 0.25) is 0 Å². The topological polar surface area (TPSA) is 19.6 Å². The standard InChI is InChI=1S/C61H37BN2OS/c1-4-18-38(19-5-1)39-34-35-42-46-37-47-43-24-10-14-32-54(43)65-59(47)58-56(46)62(64(53(42)36-39)52-31-16-26-45-44-25-11-15-33-55(44)66-60(45)52)50-29-17-28-49-57(50)63(58)51-30-13-12-27-48(51)61(49,40-20-6-2-7-21-40)41-22-8-3-9-23-41/h1-37H. The van der Waals surface area contributed by atoms with Crippen LogP contribution < -0.4 is 20.6 Å². The summed E-state index contributed by atoms with van der Waals surface area (Å²) in [6.45, 7) is -0.220. The van der Waals surface area contributed by atoms with Crippen LogP contribution in [-0.4, -0.2) is 6.85 Å². The van der Waals surface area contributed by atoms with Gasteiger partial charge in [-0.1, -0.05) is 188 Å². The molecule has 0 aliphatic carbocycles. The zero-order valence-corrected chi connectivity index (χ0v) is 36.5. The maximum Gasteiger partial charge on any atom is 0.333 e. The van der Waals surface area contributed by atoms with Crippen LogP contribution in [0.5, 0.6) is 0 Å². The third kappa shape index (κ3) is 4.67. The first-order chi connectivity index (χ1) is 32.8. The Hall–Kier alpha value is -8.12. The molecule has 3 nitrogen and oxygen atoms in total. The summed E-state index contributed by atoms with van der Waals surface area (Å²) in [5.41, 5.74) is 19.3. The van der Waals surface area contributed by atoms with E-state index in [4.69, 9.17) is 4.42 Å². The van der Waals surface area contributed by atoms with Crippen molar-refractivity contribution in [2.24, 2.45) is 0 Å². The molecule has 5 heteroatoms. The monoisotopic (exact) mass is 856 g/mol. The molecule has 0 saturated carbocycles. The number of hydrogen-bond acceptors (Lipinski definition) is 4. The van der Waals surface area contributed by atoms with Crippen LogP contribution in [0.4, 0.5) is 28.4 Å². The number of anilines is 5. The SMILES string of the molecule is c1ccc(-c2ccc3c(c2)N(c2cccc4c2sc2ccccc24)B2c4cccc5c4N(c4ccccc4C5(c4ccccc4)c4ccccc4)c4c2c-3cc2c4oc3ccccc32)cc1. The number of rotatable bonds is 4. The number of benzene rings is 10. The molecule has 0 bridgehead atoms. The van der Waals surface area contributed by atoms with Gasteiger partial charge in [0.05, 0.1) is 21.5 Å². The van der Waals surface area contributed by atoms with Crippen LogP contribution in [-0.2, 0) is 5.41 Å². The van der Waals surface area contributed by atoms with Crippen molar-refractivity contribution in [1.82, 2.24) is 0 Å². The van der Waals surface area contributed by atoms with E-state index in [1.54, 1.807) is 0 Å². The predicted molar refractivity (Wildman–Crippen MR) is 278 cm³/mol. The molecule has 3 aliphatic heterocycles. The Kier molecular flexibility index (Phi) is 7.39. The van der Waals surface area contributed by atoms with E-state index in [2.05, 4.69) is 234 Å². The number of para-hydroxylation sites is 3. The number of fused-ring (bicyclic) bond motifs is 13. The Bertz CT molecular complexity index is 3930. The summed E-state index contributed by atoms with van der Waals surface area (Å²) < 4.78 is 9.80. The average molecular weight is 857 g/mol. The van der Waals surface area contributed by atoms with Gasteiger partial charge in [0, 0.05) is 48.9 Å². The first-order valence-electron chi connectivity index (χ1n) is 22.8. The Morgan fingerprint density at radius 2 is 1.09 bits per heavy atom. The average Bonchev–Trinajstić information content (AvgIpc) is 3.97. The molecule has 0 fully saturated rings.